The molecule has 0 unspecified atom stereocenters. The molecule has 3 heterocycles. The van der Waals surface area contributed by atoms with E-state index in [9.17, 15) is 19.5 Å². The first-order valence-corrected chi connectivity index (χ1v) is 12.3. The van der Waals surface area contributed by atoms with E-state index in [4.69, 9.17) is 9.47 Å². The SMILES string of the molecule is CC.CCCNC(=O)c1ccc(-c2cc3c(cc2C(=O)O)-c2sccc2CCO3)c(C(=O)OC)n1. The highest BCUT2D eigenvalue weighted by Gasteiger charge is 2.26. The highest BCUT2D eigenvalue weighted by Crippen LogP contribution is 2.43. The molecule has 4 rings (SSSR count). The van der Waals surface area contributed by atoms with Gasteiger partial charge in [0.05, 0.1) is 19.3 Å². The lowest BCUT2D eigenvalue weighted by atomic mass is 9.94. The van der Waals surface area contributed by atoms with E-state index >= 15 is 0 Å². The number of pyridine rings is 1. The van der Waals surface area contributed by atoms with E-state index in [-0.39, 0.29) is 28.1 Å². The summed E-state index contributed by atoms with van der Waals surface area (Å²) in [5.74, 6) is -1.84. The van der Waals surface area contributed by atoms with Crippen molar-refractivity contribution in [3.8, 4) is 27.3 Å². The van der Waals surface area contributed by atoms with Gasteiger partial charge < -0.3 is 19.9 Å². The van der Waals surface area contributed by atoms with Crippen molar-refractivity contribution in [1.29, 1.82) is 0 Å². The molecule has 1 amide bonds. The van der Waals surface area contributed by atoms with Crippen LogP contribution in [0, 0.1) is 0 Å². The molecule has 9 heteroatoms. The van der Waals surface area contributed by atoms with Crippen LogP contribution in [0.25, 0.3) is 21.6 Å². The lowest BCUT2D eigenvalue weighted by Crippen LogP contribution is -2.25. The Bertz CT molecular complexity index is 1250. The number of hydrogen-bond acceptors (Lipinski definition) is 7. The van der Waals surface area contributed by atoms with Crippen molar-refractivity contribution in [2.24, 2.45) is 0 Å². The number of rotatable bonds is 6. The maximum absolute atomic E-state index is 12.6. The van der Waals surface area contributed by atoms with Gasteiger partial charge in [-0.1, -0.05) is 20.8 Å². The van der Waals surface area contributed by atoms with Gasteiger partial charge in [0.2, 0.25) is 0 Å². The third kappa shape index (κ3) is 5.35. The Labute approximate surface area is 207 Å². The first-order chi connectivity index (χ1) is 16.9. The van der Waals surface area contributed by atoms with Gasteiger partial charge in [-0.2, -0.15) is 0 Å². The van der Waals surface area contributed by atoms with Crippen molar-refractivity contribution in [1.82, 2.24) is 10.3 Å². The van der Waals surface area contributed by atoms with Gasteiger partial charge in [-0.3, -0.25) is 4.79 Å². The Kier molecular flexibility index (Phi) is 8.59. The van der Waals surface area contributed by atoms with Gasteiger partial charge in [0.1, 0.15) is 11.4 Å². The van der Waals surface area contributed by atoms with Crippen molar-refractivity contribution in [2.45, 2.75) is 33.6 Å². The van der Waals surface area contributed by atoms with E-state index in [1.165, 1.54) is 30.6 Å². The molecule has 1 aliphatic rings. The van der Waals surface area contributed by atoms with Gasteiger partial charge in [-0.05, 0) is 47.7 Å². The lowest BCUT2D eigenvalue weighted by molar-refractivity contribution is 0.0593. The molecule has 2 N–H and O–H groups in total. The summed E-state index contributed by atoms with van der Waals surface area (Å²) in [7, 11) is 1.20. The number of aromatic nitrogens is 1. The molecule has 184 valence electrons. The van der Waals surface area contributed by atoms with E-state index in [0.717, 1.165) is 16.9 Å². The van der Waals surface area contributed by atoms with Crippen LogP contribution < -0.4 is 10.1 Å². The summed E-state index contributed by atoms with van der Waals surface area (Å²) in [4.78, 5) is 42.3. The molecule has 0 saturated carbocycles. The molecule has 35 heavy (non-hydrogen) atoms. The second kappa shape index (κ2) is 11.6. The predicted molar refractivity (Wildman–Crippen MR) is 134 cm³/mol. The maximum atomic E-state index is 12.6. The summed E-state index contributed by atoms with van der Waals surface area (Å²) in [6.45, 7) is 6.83. The van der Waals surface area contributed by atoms with Crippen LogP contribution in [0.4, 0.5) is 0 Å². The predicted octanol–water partition coefficient (Wildman–Crippen LogP) is 5.06. The number of fused-ring (bicyclic) bond motifs is 3. The standard InChI is InChI=1S/C24H22N2O6S.C2H6/c1-3-8-25-22(27)18-5-4-14(20(26-18)24(30)31-2)15-12-19-17(11-16(15)23(28)29)21-13(6-9-32-19)7-10-33-21;1-2/h4-5,7,10-12H,3,6,8-9H2,1-2H3,(H,25,27)(H,28,29);1-2H3. The fraction of sp³-hybridized carbons (Fsp3) is 0.308. The van der Waals surface area contributed by atoms with Gasteiger partial charge in [0, 0.05) is 34.5 Å². The maximum Gasteiger partial charge on any atom is 0.357 e. The number of methoxy groups -OCH3 is 1. The van der Waals surface area contributed by atoms with E-state index in [0.29, 0.717) is 30.9 Å². The zero-order valence-electron chi connectivity index (χ0n) is 20.1. The number of nitrogens with one attached hydrogen (secondary N) is 1. The smallest absolute Gasteiger partial charge is 0.357 e. The molecule has 0 spiro atoms. The largest absolute Gasteiger partial charge is 0.493 e. The molecule has 1 aromatic carbocycles. The summed E-state index contributed by atoms with van der Waals surface area (Å²) < 4.78 is 10.8. The summed E-state index contributed by atoms with van der Waals surface area (Å²) in [5.41, 5.74) is 2.19. The number of carboxylic acid groups (broad SMARTS) is 1. The first-order valence-electron chi connectivity index (χ1n) is 11.4. The van der Waals surface area contributed by atoms with Gasteiger partial charge in [-0.15, -0.1) is 11.3 Å². The van der Waals surface area contributed by atoms with E-state index in [1.807, 2.05) is 32.2 Å². The number of nitrogens with zero attached hydrogens (tertiary/aromatic N) is 1. The van der Waals surface area contributed by atoms with E-state index < -0.39 is 17.8 Å². The minimum Gasteiger partial charge on any atom is -0.493 e. The van der Waals surface area contributed by atoms with Crippen LogP contribution in [0.5, 0.6) is 5.75 Å². The van der Waals surface area contributed by atoms with E-state index in [2.05, 4.69) is 10.3 Å². The zero-order chi connectivity index (χ0) is 25.5. The summed E-state index contributed by atoms with van der Waals surface area (Å²) >= 11 is 1.52. The Balaban J connectivity index is 0.00000167. The molecule has 8 nitrogen and oxygen atoms in total. The Morgan fingerprint density at radius 1 is 1.14 bits per heavy atom. The molecular weight excluding hydrogens is 468 g/mol. The number of carbonyl (C=O) groups is 3. The van der Waals surface area contributed by atoms with Gasteiger partial charge in [0.15, 0.2) is 5.69 Å². The normalized spacial score (nSPS) is 11.5. The summed E-state index contributed by atoms with van der Waals surface area (Å²) in [6, 6.07) is 8.17. The Hall–Kier alpha value is -3.72. The molecule has 0 atom stereocenters. The number of carbonyl (C=O) groups excluding carboxylic acids is 2. The van der Waals surface area contributed by atoms with Crippen LogP contribution in [0.15, 0.2) is 35.7 Å². The van der Waals surface area contributed by atoms with Gasteiger partial charge >= 0.3 is 11.9 Å². The average Bonchev–Trinajstić information content (AvgIpc) is 3.28. The lowest BCUT2D eigenvalue weighted by Gasteiger charge is -2.15. The second-order valence-electron chi connectivity index (χ2n) is 7.41. The number of ether oxygens (including phenoxy) is 2. The summed E-state index contributed by atoms with van der Waals surface area (Å²) in [5, 5.41) is 14.7. The topological polar surface area (TPSA) is 115 Å². The monoisotopic (exact) mass is 496 g/mol. The minimum atomic E-state index is -1.16. The number of thiophene rings is 1. The number of hydrogen-bond donors (Lipinski definition) is 2. The van der Waals surface area contributed by atoms with Crippen LogP contribution >= 0.6 is 11.3 Å². The number of esters is 1. The van der Waals surface area contributed by atoms with Crippen molar-refractivity contribution in [3.63, 3.8) is 0 Å². The van der Waals surface area contributed by atoms with Crippen LogP contribution in [0.2, 0.25) is 0 Å². The highest BCUT2D eigenvalue weighted by molar-refractivity contribution is 7.13. The molecule has 0 saturated heterocycles. The van der Waals surface area contributed by atoms with E-state index in [1.54, 1.807) is 12.1 Å². The third-order valence-electron chi connectivity index (χ3n) is 5.30. The number of carboxylic acids is 1. The fourth-order valence-electron chi connectivity index (χ4n) is 3.70. The van der Waals surface area contributed by atoms with Gasteiger partial charge in [-0.25, -0.2) is 14.6 Å². The quantitative estimate of drug-likeness (QED) is 0.458. The fourth-order valence-corrected chi connectivity index (χ4v) is 4.68. The van der Waals surface area contributed by atoms with Crippen molar-refractivity contribution < 1.29 is 29.0 Å². The average molecular weight is 497 g/mol. The number of aromatic carboxylic acids is 1. The van der Waals surface area contributed by atoms with Crippen LogP contribution in [-0.4, -0.2) is 48.2 Å². The molecule has 1 aliphatic heterocycles. The van der Waals surface area contributed by atoms with Crippen molar-refractivity contribution in [3.05, 3.63) is 58.2 Å². The molecule has 0 radical (unpaired) electrons. The molecule has 0 bridgehead atoms. The molecular formula is C26H28N2O6S. The highest BCUT2D eigenvalue weighted by atomic mass is 32.1. The third-order valence-corrected chi connectivity index (χ3v) is 6.29. The molecule has 3 aromatic rings. The Morgan fingerprint density at radius 2 is 1.91 bits per heavy atom. The Morgan fingerprint density at radius 3 is 2.60 bits per heavy atom. The molecule has 0 fully saturated rings. The van der Waals surface area contributed by atoms with Gasteiger partial charge in [0.25, 0.3) is 5.91 Å². The first kappa shape index (κ1) is 25.9. The minimum absolute atomic E-state index is 0.00580. The second-order valence-corrected chi connectivity index (χ2v) is 8.33. The van der Waals surface area contributed by atoms with Crippen LogP contribution in [0.1, 0.15) is 64.1 Å². The molecule has 2 aromatic heterocycles. The number of benzene rings is 1. The number of amides is 1. The van der Waals surface area contributed by atoms with Crippen LogP contribution in [0.3, 0.4) is 0 Å². The van der Waals surface area contributed by atoms with Crippen molar-refractivity contribution in [2.75, 3.05) is 20.3 Å². The van der Waals surface area contributed by atoms with Crippen LogP contribution in [-0.2, 0) is 11.2 Å². The van der Waals surface area contributed by atoms with Crippen molar-refractivity contribution >= 4 is 29.2 Å². The summed E-state index contributed by atoms with van der Waals surface area (Å²) in [6.07, 6.45) is 1.46. The zero-order valence-corrected chi connectivity index (χ0v) is 21.0. The molecule has 0 aliphatic carbocycles.